The summed E-state index contributed by atoms with van der Waals surface area (Å²) in [5.74, 6) is 0.0316. The predicted molar refractivity (Wildman–Crippen MR) is 64.1 cm³/mol. The van der Waals surface area contributed by atoms with E-state index >= 15 is 0 Å². The van der Waals surface area contributed by atoms with E-state index < -0.39 is 21.7 Å². The lowest BCUT2D eigenvalue weighted by molar-refractivity contribution is -0.141. The van der Waals surface area contributed by atoms with Crippen LogP contribution in [0.15, 0.2) is 35.5 Å². The molecule has 20 heavy (non-hydrogen) atoms. The van der Waals surface area contributed by atoms with Gasteiger partial charge in [-0.15, -0.1) is 0 Å². The normalized spacial score (nSPS) is 12.6. The van der Waals surface area contributed by atoms with E-state index in [0.29, 0.717) is 0 Å². The van der Waals surface area contributed by atoms with Crippen LogP contribution in [0, 0.1) is 0 Å². The van der Waals surface area contributed by atoms with E-state index in [1.807, 2.05) is 0 Å². The summed E-state index contributed by atoms with van der Waals surface area (Å²) in [6, 6.07) is 3.41. The van der Waals surface area contributed by atoms with Crippen molar-refractivity contribution in [1.82, 2.24) is 14.8 Å². The van der Waals surface area contributed by atoms with E-state index in [1.165, 1.54) is 19.1 Å². The highest BCUT2D eigenvalue weighted by Gasteiger charge is 2.33. The first-order chi connectivity index (χ1) is 9.24. The highest BCUT2D eigenvalue weighted by Crippen LogP contribution is 2.27. The second kappa shape index (κ2) is 4.89. The maximum Gasteiger partial charge on any atom is 0.435 e. The molecule has 2 rings (SSSR count). The second-order valence-electron chi connectivity index (χ2n) is 3.90. The molecule has 2 heterocycles. The van der Waals surface area contributed by atoms with Crippen molar-refractivity contribution in [2.24, 2.45) is 0 Å². The SMILES string of the molecule is CCS(=O)(=O)c1ccc(-n2ccc(C(F)(F)F)n2)nc1. The van der Waals surface area contributed by atoms with Crippen LogP contribution >= 0.6 is 0 Å². The molecule has 0 unspecified atom stereocenters. The van der Waals surface area contributed by atoms with Crippen LogP contribution in [0.5, 0.6) is 0 Å². The number of hydrogen-bond acceptors (Lipinski definition) is 4. The van der Waals surface area contributed by atoms with E-state index in [2.05, 4.69) is 10.1 Å². The topological polar surface area (TPSA) is 64.8 Å². The highest BCUT2D eigenvalue weighted by atomic mass is 32.2. The van der Waals surface area contributed by atoms with E-state index in [1.54, 1.807) is 0 Å². The van der Waals surface area contributed by atoms with Crippen LogP contribution in [0.1, 0.15) is 12.6 Å². The van der Waals surface area contributed by atoms with Gasteiger partial charge in [0.25, 0.3) is 0 Å². The molecule has 0 bridgehead atoms. The number of rotatable bonds is 3. The zero-order chi connectivity index (χ0) is 15.0. The number of pyridine rings is 1. The Morgan fingerprint density at radius 2 is 1.95 bits per heavy atom. The first kappa shape index (κ1) is 14.5. The Kier molecular flexibility index (Phi) is 3.55. The first-order valence-corrected chi connectivity index (χ1v) is 7.21. The third-order valence-electron chi connectivity index (χ3n) is 2.57. The number of sulfone groups is 1. The molecule has 108 valence electrons. The molecule has 0 aliphatic rings. The van der Waals surface area contributed by atoms with Gasteiger partial charge in [-0.05, 0) is 18.2 Å². The van der Waals surface area contributed by atoms with Gasteiger partial charge in [-0.1, -0.05) is 6.92 Å². The van der Waals surface area contributed by atoms with Crippen molar-refractivity contribution in [3.05, 3.63) is 36.3 Å². The largest absolute Gasteiger partial charge is 0.435 e. The van der Waals surface area contributed by atoms with Crippen LogP contribution in [0.2, 0.25) is 0 Å². The fraction of sp³-hybridized carbons (Fsp3) is 0.273. The lowest BCUT2D eigenvalue weighted by Gasteiger charge is -2.04. The summed E-state index contributed by atoms with van der Waals surface area (Å²) in [4.78, 5) is 3.83. The number of aromatic nitrogens is 3. The van der Waals surface area contributed by atoms with Crippen LogP contribution in [0.4, 0.5) is 13.2 Å². The average Bonchev–Trinajstić information content (AvgIpc) is 2.88. The molecule has 0 radical (unpaired) electrons. The summed E-state index contributed by atoms with van der Waals surface area (Å²) >= 11 is 0. The smallest absolute Gasteiger partial charge is 0.236 e. The minimum atomic E-state index is -4.53. The highest BCUT2D eigenvalue weighted by molar-refractivity contribution is 7.91. The zero-order valence-corrected chi connectivity index (χ0v) is 11.1. The van der Waals surface area contributed by atoms with Crippen LogP contribution in [-0.4, -0.2) is 28.9 Å². The summed E-state index contributed by atoms with van der Waals surface area (Å²) in [5, 5.41) is 3.34. The van der Waals surface area contributed by atoms with Gasteiger partial charge in [0, 0.05) is 12.4 Å². The fourth-order valence-corrected chi connectivity index (χ4v) is 2.28. The van der Waals surface area contributed by atoms with Crippen molar-refractivity contribution >= 4 is 9.84 Å². The minimum Gasteiger partial charge on any atom is -0.236 e. The van der Waals surface area contributed by atoms with Crippen molar-refractivity contribution in [3.63, 3.8) is 0 Å². The molecule has 0 amide bonds. The Bertz CT molecular complexity index is 705. The van der Waals surface area contributed by atoms with Crippen molar-refractivity contribution in [2.45, 2.75) is 18.0 Å². The molecule has 0 saturated heterocycles. The maximum atomic E-state index is 12.4. The summed E-state index contributed by atoms with van der Waals surface area (Å²) in [6.07, 6.45) is -2.32. The van der Waals surface area contributed by atoms with Gasteiger partial charge in [0.15, 0.2) is 21.3 Å². The first-order valence-electron chi connectivity index (χ1n) is 5.56. The molecule has 0 aliphatic carbocycles. The lowest BCUT2D eigenvalue weighted by Crippen LogP contribution is -2.08. The van der Waals surface area contributed by atoms with Gasteiger partial charge in [-0.2, -0.15) is 18.3 Å². The molecule has 0 fully saturated rings. The molecule has 0 atom stereocenters. The van der Waals surface area contributed by atoms with Crippen LogP contribution in [-0.2, 0) is 16.0 Å². The van der Waals surface area contributed by atoms with Gasteiger partial charge < -0.3 is 0 Å². The standard InChI is InChI=1S/C11H10F3N3O2S/c1-2-20(18,19)8-3-4-10(15-7-8)17-6-5-9(16-17)11(12,13)14/h3-7H,2H2,1H3. The van der Waals surface area contributed by atoms with Crippen LogP contribution in [0.25, 0.3) is 5.82 Å². The lowest BCUT2D eigenvalue weighted by atomic mass is 10.4. The second-order valence-corrected chi connectivity index (χ2v) is 6.18. The van der Waals surface area contributed by atoms with Crippen molar-refractivity contribution in [2.75, 3.05) is 5.75 Å². The summed E-state index contributed by atoms with van der Waals surface area (Å²) < 4.78 is 61.3. The number of halogens is 3. The average molecular weight is 305 g/mol. The summed E-state index contributed by atoms with van der Waals surface area (Å²) in [7, 11) is -3.39. The Morgan fingerprint density at radius 3 is 2.40 bits per heavy atom. The van der Waals surface area contributed by atoms with Crippen molar-refractivity contribution in [1.29, 1.82) is 0 Å². The molecule has 5 nitrogen and oxygen atoms in total. The van der Waals surface area contributed by atoms with Gasteiger partial charge in [0.2, 0.25) is 0 Å². The van der Waals surface area contributed by atoms with Crippen molar-refractivity contribution in [3.8, 4) is 5.82 Å². The molecule has 0 N–H and O–H groups in total. The van der Waals surface area contributed by atoms with Crippen molar-refractivity contribution < 1.29 is 21.6 Å². The Hall–Kier alpha value is -1.90. The third-order valence-corrected chi connectivity index (χ3v) is 4.29. The molecule has 0 aromatic carbocycles. The number of alkyl halides is 3. The van der Waals surface area contributed by atoms with E-state index in [4.69, 9.17) is 0 Å². The molecule has 2 aromatic rings. The van der Waals surface area contributed by atoms with Gasteiger partial charge in [-0.3, -0.25) is 0 Å². The van der Waals surface area contributed by atoms with Crippen LogP contribution in [0.3, 0.4) is 0 Å². The zero-order valence-electron chi connectivity index (χ0n) is 10.3. The molecular weight excluding hydrogens is 295 g/mol. The molecule has 0 spiro atoms. The number of nitrogens with zero attached hydrogens (tertiary/aromatic N) is 3. The van der Waals surface area contributed by atoms with Gasteiger partial charge in [-0.25, -0.2) is 18.1 Å². The molecule has 0 aliphatic heterocycles. The quantitative estimate of drug-likeness (QED) is 0.871. The molecule has 2 aromatic heterocycles. The minimum absolute atomic E-state index is 0.0203. The molecule has 9 heteroatoms. The predicted octanol–water partition coefficient (Wildman–Crippen LogP) is 2.08. The fourth-order valence-electron chi connectivity index (χ4n) is 1.46. The van der Waals surface area contributed by atoms with Crippen LogP contribution < -0.4 is 0 Å². The summed E-state index contributed by atoms with van der Waals surface area (Å²) in [6.45, 7) is 1.49. The van der Waals surface area contributed by atoms with Gasteiger partial charge in [0.05, 0.1) is 10.6 Å². The van der Waals surface area contributed by atoms with E-state index in [0.717, 1.165) is 23.1 Å². The Labute approximate surface area is 113 Å². The van der Waals surface area contributed by atoms with E-state index in [9.17, 15) is 21.6 Å². The van der Waals surface area contributed by atoms with Gasteiger partial charge >= 0.3 is 6.18 Å². The molecular formula is C11H10F3N3O2S. The van der Waals surface area contributed by atoms with Gasteiger partial charge in [0.1, 0.15) is 0 Å². The third kappa shape index (κ3) is 2.82. The van der Waals surface area contributed by atoms with E-state index in [-0.39, 0.29) is 16.5 Å². The monoisotopic (exact) mass is 305 g/mol. The number of hydrogen-bond donors (Lipinski definition) is 0. The Morgan fingerprint density at radius 1 is 1.25 bits per heavy atom. The molecule has 0 saturated carbocycles. The maximum absolute atomic E-state index is 12.4. The summed E-state index contributed by atoms with van der Waals surface area (Å²) in [5.41, 5.74) is -1.04. The Balaban J connectivity index is 2.34.